The molecule has 2 amide bonds. The first-order valence-corrected chi connectivity index (χ1v) is 6.82. The summed E-state index contributed by atoms with van der Waals surface area (Å²) in [4.78, 5) is 23.5. The van der Waals surface area contributed by atoms with Crippen molar-refractivity contribution in [1.82, 2.24) is 10.9 Å². The van der Waals surface area contributed by atoms with Gasteiger partial charge in [-0.05, 0) is 36.4 Å². The molecule has 0 aliphatic carbocycles. The van der Waals surface area contributed by atoms with E-state index in [-0.39, 0.29) is 12.1 Å². The molecule has 120 valence electrons. The van der Waals surface area contributed by atoms with E-state index in [1.54, 1.807) is 18.2 Å². The quantitative estimate of drug-likeness (QED) is 0.734. The third-order valence-corrected chi connectivity index (χ3v) is 2.97. The molecule has 0 fully saturated rings. The Hall–Kier alpha value is -3.09. The van der Waals surface area contributed by atoms with Crippen LogP contribution in [0, 0.1) is 5.82 Å². The van der Waals surface area contributed by atoms with Crippen molar-refractivity contribution in [3.8, 4) is 5.75 Å². The van der Waals surface area contributed by atoms with Crippen molar-refractivity contribution in [2.75, 3.05) is 19.0 Å². The summed E-state index contributed by atoms with van der Waals surface area (Å²) in [5.74, 6) is -0.802. The van der Waals surface area contributed by atoms with E-state index in [9.17, 15) is 14.0 Å². The molecular weight excluding hydrogens is 301 g/mol. The molecule has 0 radical (unpaired) electrons. The first-order valence-electron chi connectivity index (χ1n) is 6.82. The molecule has 3 N–H and O–H groups in total. The van der Waals surface area contributed by atoms with Crippen LogP contribution in [-0.2, 0) is 4.79 Å². The van der Waals surface area contributed by atoms with Crippen LogP contribution in [0.3, 0.4) is 0 Å². The summed E-state index contributed by atoms with van der Waals surface area (Å²) >= 11 is 0. The van der Waals surface area contributed by atoms with Crippen molar-refractivity contribution in [3.05, 3.63) is 59.9 Å². The minimum absolute atomic E-state index is 0.0515. The summed E-state index contributed by atoms with van der Waals surface area (Å²) < 4.78 is 17.9. The topological polar surface area (TPSA) is 79.5 Å². The highest BCUT2D eigenvalue weighted by Gasteiger charge is 2.08. The molecule has 2 aromatic rings. The lowest BCUT2D eigenvalue weighted by Crippen LogP contribution is -2.44. The zero-order chi connectivity index (χ0) is 16.7. The van der Waals surface area contributed by atoms with Gasteiger partial charge in [0.15, 0.2) is 0 Å². The molecule has 0 saturated heterocycles. The number of ether oxygens (including phenoxy) is 1. The molecule has 2 aromatic carbocycles. The Morgan fingerprint density at radius 3 is 2.43 bits per heavy atom. The molecule has 0 unspecified atom stereocenters. The monoisotopic (exact) mass is 317 g/mol. The van der Waals surface area contributed by atoms with Crippen molar-refractivity contribution < 1.29 is 18.7 Å². The number of halogens is 1. The number of methoxy groups -OCH3 is 1. The van der Waals surface area contributed by atoms with Gasteiger partial charge in [-0.3, -0.25) is 20.4 Å². The van der Waals surface area contributed by atoms with Crippen LogP contribution in [0.15, 0.2) is 48.5 Å². The number of hydrogen-bond acceptors (Lipinski definition) is 4. The normalized spacial score (nSPS) is 9.83. The van der Waals surface area contributed by atoms with E-state index in [2.05, 4.69) is 16.2 Å². The van der Waals surface area contributed by atoms with Crippen molar-refractivity contribution in [3.63, 3.8) is 0 Å². The highest BCUT2D eigenvalue weighted by molar-refractivity contribution is 5.95. The standard InChI is InChI=1S/C16H16FN3O3/c1-23-14-5-3-2-4-13(14)18-10-15(21)19-20-16(22)11-6-8-12(17)9-7-11/h2-9,18H,10H2,1H3,(H,19,21)(H,20,22). The number of carbonyl (C=O) groups excluding carboxylic acids is 2. The number of carbonyl (C=O) groups is 2. The van der Waals surface area contributed by atoms with Crippen molar-refractivity contribution >= 4 is 17.5 Å². The van der Waals surface area contributed by atoms with Crippen LogP contribution < -0.4 is 20.9 Å². The Balaban J connectivity index is 1.81. The Labute approximate surface area is 132 Å². The van der Waals surface area contributed by atoms with E-state index in [1.807, 2.05) is 6.07 Å². The maximum atomic E-state index is 12.8. The second-order valence-corrected chi connectivity index (χ2v) is 4.56. The molecule has 0 aliphatic heterocycles. The third-order valence-electron chi connectivity index (χ3n) is 2.97. The largest absolute Gasteiger partial charge is 0.495 e. The molecular formula is C16H16FN3O3. The number of rotatable bonds is 5. The van der Waals surface area contributed by atoms with Gasteiger partial charge in [0, 0.05) is 5.56 Å². The van der Waals surface area contributed by atoms with E-state index in [0.717, 1.165) is 0 Å². The molecule has 0 aliphatic rings. The lowest BCUT2D eigenvalue weighted by atomic mass is 10.2. The van der Waals surface area contributed by atoms with E-state index in [0.29, 0.717) is 11.4 Å². The highest BCUT2D eigenvalue weighted by atomic mass is 19.1. The fourth-order valence-corrected chi connectivity index (χ4v) is 1.81. The van der Waals surface area contributed by atoms with E-state index < -0.39 is 17.6 Å². The summed E-state index contributed by atoms with van der Waals surface area (Å²) in [6, 6.07) is 12.1. The van der Waals surface area contributed by atoms with E-state index in [1.165, 1.54) is 31.4 Å². The minimum atomic E-state index is -0.532. The fraction of sp³-hybridized carbons (Fsp3) is 0.125. The predicted molar refractivity (Wildman–Crippen MR) is 83.5 cm³/mol. The van der Waals surface area contributed by atoms with Crippen LogP contribution >= 0.6 is 0 Å². The van der Waals surface area contributed by atoms with Crippen molar-refractivity contribution in [2.45, 2.75) is 0 Å². The van der Waals surface area contributed by atoms with Crippen LogP contribution in [0.1, 0.15) is 10.4 Å². The third kappa shape index (κ3) is 4.70. The summed E-state index contributed by atoms with van der Waals surface area (Å²) in [5, 5.41) is 2.90. The second kappa shape index (κ2) is 7.79. The zero-order valence-corrected chi connectivity index (χ0v) is 12.4. The Morgan fingerprint density at radius 1 is 1.04 bits per heavy atom. The molecule has 6 nitrogen and oxygen atoms in total. The van der Waals surface area contributed by atoms with E-state index >= 15 is 0 Å². The van der Waals surface area contributed by atoms with Gasteiger partial charge in [0.25, 0.3) is 11.8 Å². The summed E-state index contributed by atoms with van der Waals surface area (Å²) in [6.07, 6.45) is 0. The molecule has 0 atom stereocenters. The Bertz CT molecular complexity index is 689. The van der Waals surface area contributed by atoms with Gasteiger partial charge in [0.2, 0.25) is 0 Å². The lowest BCUT2D eigenvalue weighted by Gasteiger charge is -2.11. The Morgan fingerprint density at radius 2 is 1.74 bits per heavy atom. The first kappa shape index (κ1) is 16.3. The summed E-state index contributed by atoms with van der Waals surface area (Å²) in [6.45, 7) is -0.0515. The number of para-hydroxylation sites is 2. The molecule has 7 heteroatoms. The van der Waals surface area contributed by atoms with Crippen LogP contribution in [0.25, 0.3) is 0 Å². The number of amides is 2. The molecule has 0 heterocycles. The average molecular weight is 317 g/mol. The van der Waals surface area contributed by atoms with Gasteiger partial charge in [-0.2, -0.15) is 0 Å². The maximum absolute atomic E-state index is 12.8. The van der Waals surface area contributed by atoms with Crippen LogP contribution in [-0.4, -0.2) is 25.5 Å². The van der Waals surface area contributed by atoms with Gasteiger partial charge < -0.3 is 10.1 Å². The Kier molecular flexibility index (Phi) is 5.51. The highest BCUT2D eigenvalue weighted by Crippen LogP contribution is 2.22. The number of benzene rings is 2. The fourth-order valence-electron chi connectivity index (χ4n) is 1.81. The molecule has 0 saturated carbocycles. The van der Waals surface area contributed by atoms with Gasteiger partial charge in [-0.1, -0.05) is 12.1 Å². The molecule has 0 aromatic heterocycles. The van der Waals surface area contributed by atoms with Crippen LogP contribution in [0.2, 0.25) is 0 Å². The summed E-state index contributed by atoms with van der Waals surface area (Å²) in [7, 11) is 1.53. The SMILES string of the molecule is COc1ccccc1NCC(=O)NNC(=O)c1ccc(F)cc1. The van der Waals surface area contributed by atoms with Crippen molar-refractivity contribution in [1.29, 1.82) is 0 Å². The van der Waals surface area contributed by atoms with Gasteiger partial charge in [0.05, 0.1) is 19.3 Å². The smallest absolute Gasteiger partial charge is 0.269 e. The minimum Gasteiger partial charge on any atom is -0.495 e. The number of hydrogen-bond donors (Lipinski definition) is 3. The molecule has 0 spiro atoms. The lowest BCUT2D eigenvalue weighted by molar-refractivity contribution is -0.120. The van der Waals surface area contributed by atoms with Gasteiger partial charge in [0.1, 0.15) is 11.6 Å². The van der Waals surface area contributed by atoms with Gasteiger partial charge >= 0.3 is 0 Å². The number of hydrazine groups is 1. The van der Waals surface area contributed by atoms with Crippen molar-refractivity contribution in [2.24, 2.45) is 0 Å². The number of anilines is 1. The second-order valence-electron chi connectivity index (χ2n) is 4.56. The van der Waals surface area contributed by atoms with Crippen LogP contribution in [0.4, 0.5) is 10.1 Å². The number of nitrogens with one attached hydrogen (secondary N) is 3. The zero-order valence-electron chi connectivity index (χ0n) is 12.4. The van der Waals surface area contributed by atoms with Gasteiger partial charge in [-0.25, -0.2) is 4.39 Å². The summed E-state index contributed by atoms with van der Waals surface area (Å²) in [5.41, 5.74) is 5.42. The average Bonchev–Trinajstić information content (AvgIpc) is 2.58. The molecule has 2 rings (SSSR count). The van der Waals surface area contributed by atoms with Crippen LogP contribution in [0.5, 0.6) is 5.75 Å². The predicted octanol–water partition coefficient (Wildman–Crippen LogP) is 1.71. The maximum Gasteiger partial charge on any atom is 0.269 e. The molecule has 0 bridgehead atoms. The van der Waals surface area contributed by atoms with Gasteiger partial charge in [-0.15, -0.1) is 0 Å². The first-order chi connectivity index (χ1) is 11.1. The van der Waals surface area contributed by atoms with E-state index in [4.69, 9.17) is 4.74 Å². The molecule has 23 heavy (non-hydrogen) atoms.